The predicted molar refractivity (Wildman–Crippen MR) is 110 cm³/mol. The Kier molecular flexibility index (Phi) is 6.74. The molecule has 1 aliphatic rings. The molecule has 3 rings (SSSR count). The predicted octanol–water partition coefficient (Wildman–Crippen LogP) is 0.690. The van der Waals surface area contributed by atoms with Crippen LogP contribution in [0.4, 0.5) is 0 Å². The summed E-state index contributed by atoms with van der Waals surface area (Å²) in [4.78, 5) is 30.1. The summed E-state index contributed by atoms with van der Waals surface area (Å²) in [5, 5.41) is 0.522. The normalized spacial score (nSPS) is 15.4. The van der Waals surface area contributed by atoms with Gasteiger partial charge in [0.2, 0.25) is 5.91 Å². The third kappa shape index (κ3) is 5.45. The number of benzene rings is 1. The molecule has 1 saturated heterocycles. The van der Waals surface area contributed by atoms with Crippen molar-refractivity contribution in [2.24, 2.45) is 4.99 Å². The van der Waals surface area contributed by atoms with Crippen LogP contribution in [-0.4, -0.2) is 67.5 Å². The standard InChI is InChI=1S/C18H18ClN3O5S2/c1-2-5-22-14-4-3-13(19)10-15(14)28-18(22)20-16(23)11-29(25,26)12-17(24)21-6-8-27-9-7-21/h1,3-4,10H,5-9,11-12H2. The summed E-state index contributed by atoms with van der Waals surface area (Å²) in [5.74, 6) is -0.500. The summed E-state index contributed by atoms with van der Waals surface area (Å²) in [7, 11) is -3.95. The molecule has 0 aliphatic carbocycles. The van der Waals surface area contributed by atoms with Crippen LogP contribution in [0.15, 0.2) is 23.2 Å². The molecule has 0 N–H and O–H groups in total. The van der Waals surface area contributed by atoms with Gasteiger partial charge in [-0.2, -0.15) is 4.99 Å². The van der Waals surface area contributed by atoms with Crippen LogP contribution in [0.2, 0.25) is 5.02 Å². The third-order valence-corrected chi connectivity index (χ3v) is 6.81. The average molecular weight is 456 g/mol. The van der Waals surface area contributed by atoms with Gasteiger partial charge in [-0.1, -0.05) is 28.9 Å². The Morgan fingerprint density at radius 3 is 2.69 bits per heavy atom. The lowest BCUT2D eigenvalue weighted by atomic mass is 10.3. The number of thiazole rings is 1. The highest BCUT2D eigenvalue weighted by Crippen LogP contribution is 2.21. The largest absolute Gasteiger partial charge is 0.378 e. The SMILES string of the molecule is C#CCn1c(=NC(=O)CS(=O)(=O)CC(=O)N2CCOCC2)sc2cc(Cl)ccc21. The van der Waals surface area contributed by atoms with Gasteiger partial charge in [-0.3, -0.25) is 9.59 Å². The number of ether oxygens (including phenoxy) is 1. The van der Waals surface area contributed by atoms with Crippen LogP contribution in [0.25, 0.3) is 10.2 Å². The second kappa shape index (κ2) is 9.09. The number of carbonyl (C=O) groups excluding carboxylic acids is 2. The number of nitrogens with zero attached hydrogens (tertiary/aromatic N) is 3. The molecule has 0 bridgehead atoms. The zero-order chi connectivity index (χ0) is 21.0. The molecule has 0 radical (unpaired) electrons. The Bertz CT molecular complexity index is 1150. The van der Waals surface area contributed by atoms with Gasteiger partial charge in [0.1, 0.15) is 11.5 Å². The molecule has 2 heterocycles. The molecule has 0 spiro atoms. The molecule has 29 heavy (non-hydrogen) atoms. The average Bonchev–Trinajstić information content (AvgIpc) is 2.98. The Morgan fingerprint density at radius 1 is 1.28 bits per heavy atom. The van der Waals surface area contributed by atoms with E-state index < -0.39 is 33.2 Å². The van der Waals surface area contributed by atoms with Crippen LogP contribution in [0.1, 0.15) is 0 Å². The van der Waals surface area contributed by atoms with E-state index in [4.69, 9.17) is 22.8 Å². The van der Waals surface area contributed by atoms with Crippen molar-refractivity contribution < 1.29 is 22.7 Å². The van der Waals surface area contributed by atoms with Crippen molar-refractivity contribution in [2.75, 3.05) is 37.8 Å². The van der Waals surface area contributed by atoms with Gasteiger partial charge >= 0.3 is 0 Å². The third-order valence-electron chi connectivity index (χ3n) is 4.17. The van der Waals surface area contributed by atoms with Crippen molar-refractivity contribution in [1.82, 2.24) is 9.47 Å². The first-order valence-corrected chi connectivity index (χ1v) is 11.7. The molecule has 2 amide bonds. The van der Waals surface area contributed by atoms with Gasteiger partial charge in [-0.15, -0.1) is 6.42 Å². The van der Waals surface area contributed by atoms with Gasteiger partial charge in [0.15, 0.2) is 14.6 Å². The fourth-order valence-electron chi connectivity index (χ4n) is 2.85. The van der Waals surface area contributed by atoms with Gasteiger partial charge in [-0.05, 0) is 18.2 Å². The maximum absolute atomic E-state index is 12.3. The number of fused-ring (bicyclic) bond motifs is 1. The molecule has 11 heteroatoms. The molecule has 1 aliphatic heterocycles. The fraction of sp³-hybridized carbons (Fsp3) is 0.389. The lowest BCUT2D eigenvalue weighted by Gasteiger charge is -2.26. The van der Waals surface area contributed by atoms with E-state index in [9.17, 15) is 18.0 Å². The van der Waals surface area contributed by atoms with E-state index in [0.717, 1.165) is 10.2 Å². The minimum absolute atomic E-state index is 0.163. The Morgan fingerprint density at radius 2 is 2.00 bits per heavy atom. The maximum Gasteiger partial charge on any atom is 0.263 e. The second-order valence-corrected chi connectivity index (χ2v) is 9.83. The van der Waals surface area contributed by atoms with Crippen molar-refractivity contribution in [3.63, 3.8) is 0 Å². The summed E-state index contributed by atoms with van der Waals surface area (Å²) >= 11 is 7.18. The monoisotopic (exact) mass is 455 g/mol. The summed E-state index contributed by atoms with van der Waals surface area (Å²) < 4.78 is 32.1. The highest BCUT2D eigenvalue weighted by Gasteiger charge is 2.25. The summed E-state index contributed by atoms with van der Waals surface area (Å²) in [6.45, 7) is 1.57. The van der Waals surface area contributed by atoms with Gasteiger partial charge < -0.3 is 14.2 Å². The molecular formula is C18H18ClN3O5S2. The highest BCUT2D eigenvalue weighted by atomic mass is 35.5. The fourth-order valence-corrected chi connectivity index (χ4v) is 5.27. The maximum atomic E-state index is 12.3. The number of rotatable bonds is 5. The first-order valence-electron chi connectivity index (χ1n) is 8.65. The van der Waals surface area contributed by atoms with Crippen LogP contribution >= 0.6 is 22.9 Å². The molecule has 154 valence electrons. The quantitative estimate of drug-likeness (QED) is 0.618. The number of hydrogen-bond donors (Lipinski definition) is 0. The summed E-state index contributed by atoms with van der Waals surface area (Å²) in [5.41, 5.74) is 0.745. The van der Waals surface area contributed by atoms with Gasteiger partial charge in [0, 0.05) is 18.1 Å². The van der Waals surface area contributed by atoms with E-state index in [2.05, 4.69) is 10.9 Å². The number of hydrogen-bond acceptors (Lipinski definition) is 6. The zero-order valence-corrected chi connectivity index (χ0v) is 17.7. The van der Waals surface area contributed by atoms with Gasteiger partial charge in [0.05, 0.1) is 30.0 Å². The van der Waals surface area contributed by atoms with E-state index in [-0.39, 0.29) is 11.3 Å². The number of carbonyl (C=O) groups is 2. The Hall–Kier alpha value is -2.19. The van der Waals surface area contributed by atoms with E-state index in [1.165, 1.54) is 16.2 Å². The van der Waals surface area contributed by atoms with Crippen LogP contribution in [-0.2, 0) is 30.7 Å². The first kappa shape index (κ1) is 21.5. The lowest BCUT2D eigenvalue weighted by molar-refractivity contribution is -0.132. The highest BCUT2D eigenvalue weighted by molar-refractivity contribution is 7.92. The molecule has 1 aromatic heterocycles. The van der Waals surface area contributed by atoms with Crippen LogP contribution in [0, 0.1) is 12.3 Å². The molecule has 0 atom stereocenters. The molecule has 8 nitrogen and oxygen atoms in total. The molecule has 1 aromatic carbocycles. The van der Waals surface area contributed by atoms with Gasteiger partial charge in [0.25, 0.3) is 5.91 Å². The molecule has 0 unspecified atom stereocenters. The van der Waals surface area contributed by atoms with Crippen molar-refractivity contribution in [1.29, 1.82) is 0 Å². The number of morpholine rings is 1. The molecular weight excluding hydrogens is 438 g/mol. The zero-order valence-electron chi connectivity index (χ0n) is 15.3. The van der Waals surface area contributed by atoms with Crippen LogP contribution in [0.5, 0.6) is 0 Å². The molecule has 2 aromatic rings. The smallest absolute Gasteiger partial charge is 0.263 e. The van der Waals surface area contributed by atoms with Crippen LogP contribution < -0.4 is 4.80 Å². The van der Waals surface area contributed by atoms with Crippen molar-refractivity contribution >= 4 is 54.8 Å². The lowest BCUT2D eigenvalue weighted by Crippen LogP contribution is -2.43. The number of terminal acetylenes is 1. The second-order valence-electron chi connectivity index (χ2n) is 6.32. The summed E-state index contributed by atoms with van der Waals surface area (Å²) in [6, 6.07) is 5.17. The molecule has 1 fully saturated rings. The number of halogens is 1. The van der Waals surface area contributed by atoms with Crippen molar-refractivity contribution in [2.45, 2.75) is 6.54 Å². The van der Waals surface area contributed by atoms with E-state index in [0.29, 0.717) is 31.3 Å². The van der Waals surface area contributed by atoms with E-state index in [1.54, 1.807) is 22.8 Å². The van der Waals surface area contributed by atoms with E-state index >= 15 is 0 Å². The minimum atomic E-state index is -3.95. The minimum Gasteiger partial charge on any atom is -0.378 e. The Balaban J connectivity index is 1.80. The number of amides is 2. The number of aromatic nitrogens is 1. The molecule has 0 saturated carbocycles. The first-order chi connectivity index (χ1) is 13.8. The van der Waals surface area contributed by atoms with Gasteiger partial charge in [-0.25, -0.2) is 8.42 Å². The Labute approximate surface area is 176 Å². The van der Waals surface area contributed by atoms with Crippen LogP contribution in [0.3, 0.4) is 0 Å². The topological polar surface area (TPSA) is 98.0 Å². The number of sulfone groups is 1. The summed E-state index contributed by atoms with van der Waals surface area (Å²) in [6.07, 6.45) is 5.40. The van der Waals surface area contributed by atoms with Crippen molar-refractivity contribution in [3.8, 4) is 12.3 Å². The van der Waals surface area contributed by atoms with Crippen molar-refractivity contribution in [3.05, 3.63) is 28.0 Å². The van der Waals surface area contributed by atoms with E-state index in [1.807, 2.05) is 0 Å².